The van der Waals surface area contributed by atoms with E-state index >= 15 is 0 Å². The zero-order valence-corrected chi connectivity index (χ0v) is 17.1. The predicted molar refractivity (Wildman–Crippen MR) is 112 cm³/mol. The van der Waals surface area contributed by atoms with E-state index in [1.165, 1.54) is 18.0 Å². The molecule has 9 heteroatoms. The number of para-hydroxylation sites is 1. The van der Waals surface area contributed by atoms with Gasteiger partial charge in [0, 0.05) is 14.8 Å². The van der Waals surface area contributed by atoms with Crippen molar-refractivity contribution in [2.45, 2.75) is 15.0 Å². The van der Waals surface area contributed by atoms with Crippen LogP contribution in [0.2, 0.25) is 5.02 Å². The van der Waals surface area contributed by atoms with Crippen LogP contribution in [0.25, 0.3) is 11.7 Å². The molecule has 0 fully saturated rings. The Kier molecular flexibility index (Phi) is 4.83. The number of thioether (sulfide) groups is 1. The van der Waals surface area contributed by atoms with Crippen LogP contribution in [0.5, 0.6) is 0 Å². The number of carbonyl (C=O) groups excluding carboxylic acids is 1. The monoisotopic (exact) mass is 441 g/mol. The van der Waals surface area contributed by atoms with Gasteiger partial charge in [-0.1, -0.05) is 47.3 Å². The van der Waals surface area contributed by atoms with E-state index in [2.05, 4.69) is 10.2 Å². The summed E-state index contributed by atoms with van der Waals surface area (Å²) < 4.78 is 10.8. The summed E-state index contributed by atoms with van der Waals surface area (Å²) in [5.74, 6) is 0.789. The van der Waals surface area contributed by atoms with E-state index in [1.54, 1.807) is 28.8 Å². The molecule has 4 aromatic rings. The molecule has 0 saturated heterocycles. The third-order valence-electron chi connectivity index (χ3n) is 4.19. The summed E-state index contributed by atoms with van der Waals surface area (Å²) in [6.07, 6.45) is 1.53. The molecule has 0 N–H and O–H groups in total. The van der Waals surface area contributed by atoms with Crippen LogP contribution in [0, 0.1) is 0 Å². The Bertz CT molecular complexity index is 1190. The van der Waals surface area contributed by atoms with E-state index in [0.717, 1.165) is 21.2 Å². The highest BCUT2D eigenvalue weighted by Crippen LogP contribution is 2.49. The number of fused-ring (bicyclic) bond motifs is 2. The molecule has 5 rings (SSSR count). The van der Waals surface area contributed by atoms with Crippen LogP contribution in [-0.4, -0.2) is 21.9 Å². The van der Waals surface area contributed by atoms with Gasteiger partial charge < -0.3 is 8.83 Å². The number of furan rings is 1. The van der Waals surface area contributed by atoms with Gasteiger partial charge in [-0.25, -0.2) is 0 Å². The van der Waals surface area contributed by atoms with Gasteiger partial charge >= 0.3 is 0 Å². The van der Waals surface area contributed by atoms with Crippen molar-refractivity contribution < 1.29 is 13.6 Å². The average molecular weight is 442 g/mol. The number of hydrogen-bond acceptors (Lipinski definition) is 7. The fourth-order valence-electron chi connectivity index (χ4n) is 2.95. The Labute approximate surface area is 179 Å². The van der Waals surface area contributed by atoms with E-state index < -0.39 is 0 Å². The van der Waals surface area contributed by atoms with E-state index in [0.29, 0.717) is 16.0 Å². The molecule has 2 aromatic carbocycles. The van der Waals surface area contributed by atoms with Crippen LogP contribution in [0.15, 0.2) is 84.7 Å². The number of benzene rings is 2. The molecule has 6 nitrogen and oxygen atoms in total. The van der Waals surface area contributed by atoms with Crippen molar-refractivity contribution in [3.63, 3.8) is 0 Å². The molecule has 144 valence electrons. The summed E-state index contributed by atoms with van der Waals surface area (Å²) >= 11 is 9.00. The lowest BCUT2D eigenvalue weighted by Crippen LogP contribution is -2.30. The Morgan fingerprint density at radius 2 is 1.93 bits per heavy atom. The summed E-state index contributed by atoms with van der Waals surface area (Å²) in [6, 6.07) is 16.8. The highest BCUT2D eigenvalue weighted by molar-refractivity contribution is 8.00. The molecule has 1 aliphatic rings. The molecule has 0 unspecified atom stereocenters. The second-order valence-electron chi connectivity index (χ2n) is 6.05. The lowest BCUT2D eigenvalue weighted by molar-refractivity contribution is -0.115. The Hall–Kier alpha value is -2.68. The third-order valence-corrected chi connectivity index (χ3v) is 6.36. The van der Waals surface area contributed by atoms with E-state index in [1.807, 2.05) is 42.5 Å². The first kappa shape index (κ1) is 18.4. The number of carbonyl (C=O) groups is 1. The molecule has 0 atom stereocenters. The second-order valence-corrected chi connectivity index (χ2v) is 8.50. The first-order valence-electron chi connectivity index (χ1n) is 8.58. The zero-order chi connectivity index (χ0) is 19.8. The fourth-order valence-corrected chi connectivity index (χ4v) is 4.77. The normalized spacial score (nSPS) is 12.5. The van der Waals surface area contributed by atoms with Gasteiger partial charge in [0.1, 0.15) is 0 Å². The van der Waals surface area contributed by atoms with Crippen molar-refractivity contribution in [2.75, 3.05) is 10.7 Å². The molecule has 1 aliphatic heterocycles. The summed E-state index contributed by atoms with van der Waals surface area (Å²) in [7, 11) is 0. The van der Waals surface area contributed by atoms with Crippen LogP contribution in [0.1, 0.15) is 0 Å². The van der Waals surface area contributed by atoms with Crippen molar-refractivity contribution >= 4 is 52.4 Å². The van der Waals surface area contributed by atoms with Gasteiger partial charge in [-0.15, -0.1) is 10.2 Å². The zero-order valence-electron chi connectivity index (χ0n) is 14.7. The highest BCUT2D eigenvalue weighted by Gasteiger charge is 2.28. The average Bonchev–Trinajstić information content (AvgIpc) is 3.42. The topological polar surface area (TPSA) is 72.4 Å². The summed E-state index contributed by atoms with van der Waals surface area (Å²) in [5.41, 5.74) is 1.60. The maximum Gasteiger partial charge on any atom is 0.284 e. The van der Waals surface area contributed by atoms with Crippen molar-refractivity contribution in [1.29, 1.82) is 0 Å². The molecule has 1 amide bonds. The standard InChI is InChI=1S/C20H12ClN3O3S2/c21-12-7-8-17-14(10-12)24(13-4-1-2-6-16(13)29-17)18(25)11-28-20-23-22-19(27-20)15-5-3-9-26-15/h1-10H,11H2. The summed E-state index contributed by atoms with van der Waals surface area (Å²) in [6.45, 7) is 0. The van der Waals surface area contributed by atoms with Crippen molar-refractivity contribution in [1.82, 2.24) is 10.2 Å². The van der Waals surface area contributed by atoms with Crippen LogP contribution in [0.3, 0.4) is 0 Å². The molecule has 0 saturated carbocycles. The van der Waals surface area contributed by atoms with Crippen LogP contribution in [-0.2, 0) is 4.79 Å². The lowest BCUT2D eigenvalue weighted by Gasteiger charge is -2.31. The number of amides is 1. The number of halogens is 1. The quantitative estimate of drug-likeness (QED) is 0.365. The SMILES string of the molecule is O=C(CSc1nnc(-c2ccco2)o1)N1c2ccccc2Sc2ccc(Cl)cc21. The maximum atomic E-state index is 13.2. The molecule has 29 heavy (non-hydrogen) atoms. The molecule has 2 aromatic heterocycles. The first-order valence-corrected chi connectivity index (χ1v) is 10.8. The van der Waals surface area contributed by atoms with E-state index in [4.69, 9.17) is 20.4 Å². The summed E-state index contributed by atoms with van der Waals surface area (Å²) in [5, 5.41) is 8.82. The van der Waals surface area contributed by atoms with Crippen molar-refractivity contribution in [2.24, 2.45) is 0 Å². The minimum Gasteiger partial charge on any atom is -0.459 e. The summed E-state index contributed by atoms with van der Waals surface area (Å²) in [4.78, 5) is 16.9. The van der Waals surface area contributed by atoms with Gasteiger partial charge in [-0.3, -0.25) is 9.69 Å². The van der Waals surface area contributed by atoms with E-state index in [-0.39, 0.29) is 17.6 Å². The number of anilines is 2. The second kappa shape index (κ2) is 7.62. The Morgan fingerprint density at radius 1 is 1.07 bits per heavy atom. The van der Waals surface area contributed by atoms with Crippen LogP contribution >= 0.6 is 35.1 Å². The molecular weight excluding hydrogens is 430 g/mol. The van der Waals surface area contributed by atoms with Crippen molar-refractivity contribution in [3.05, 3.63) is 65.9 Å². The highest BCUT2D eigenvalue weighted by atomic mass is 35.5. The molecule has 0 radical (unpaired) electrons. The number of aromatic nitrogens is 2. The van der Waals surface area contributed by atoms with Crippen LogP contribution < -0.4 is 4.90 Å². The molecule has 3 heterocycles. The van der Waals surface area contributed by atoms with Gasteiger partial charge in [0.05, 0.1) is 23.4 Å². The Balaban J connectivity index is 1.40. The van der Waals surface area contributed by atoms with Gasteiger partial charge in [0.2, 0.25) is 5.91 Å². The smallest absolute Gasteiger partial charge is 0.284 e. The van der Waals surface area contributed by atoms with Gasteiger partial charge in [-0.2, -0.15) is 0 Å². The molecule has 0 aliphatic carbocycles. The van der Waals surface area contributed by atoms with Gasteiger partial charge in [0.15, 0.2) is 5.76 Å². The van der Waals surface area contributed by atoms with E-state index in [9.17, 15) is 4.79 Å². The lowest BCUT2D eigenvalue weighted by atomic mass is 10.2. The van der Waals surface area contributed by atoms with Crippen LogP contribution in [0.4, 0.5) is 11.4 Å². The van der Waals surface area contributed by atoms with Gasteiger partial charge in [0.25, 0.3) is 11.1 Å². The molecule has 0 bridgehead atoms. The number of rotatable bonds is 4. The number of nitrogens with zero attached hydrogens (tertiary/aromatic N) is 3. The first-order chi connectivity index (χ1) is 14.2. The third kappa shape index (κ3) is 3.55. The fraction of sp³-hybridized carbons (Fsp3) is 0.0500. The van der Waals surface area contributed by atoms with Crippen molar-refractivity contribution in [3.8, 4) is 11.7 Å². The largest absolute Gasteiger partial charge is 0.459 e. The minimum absolute atomic E-state index is 0.107. The maximum absolute atomic E-state index is 13.2. The predicted octanol–water partition coefficient (Wildman–Crippen LogP) is 5.90. The molecular formula is C20H12ClN3O3S2. The minimum atomic E-state index is -0.107. The number of hydrogen-bond donors (Lipinski definition) is 0. The van der Waals surface area contributed by atoms with Gasteiger partial charge in [-0.05, 0) is 42.5 Å². The Morgan fingerprint density at radius 3 is 2.79 bits per heavy atom. The molecule has 0 spiro atoms.